The van der Waals surface area contributed by atoms with Gasteiger partial charge < -0.3 is 5.11 Å². The first-order valence-corrected chi connectivity index (χ1v) is 4.64. The van der Waals surface area contributed by atoms with Gasteiger partial charge in [-0.1, -0.05) is 13.8 Å². The maximum Gasteiger partial charge on any atom is 0.194 e. The van der Waals surface area contributed by atoms with Gasteiger partial charge in [-0.25, -0.2) is 13.2 Å². The van der Waals surface area contributed by atoms with Gasteiger partial charge in [0.1, 0.15) is 0 Å². The maximum atomic E-state index is 12.9. The third-order valence-corrected chi connectivity index (χ3v) is 2.69. The largest absolute Gasteiger partial charge is 0.385 e. The van der Waals surface area contributed by atoms with Crippen LogP contribution in [-0.4, -0.2) is 5.11 Å². The molecule has 84 valence electrons. The minimum absolute atomic E-state index is 0.0360. The van der Waals surface area contributed by atoms with Crippen molar-refractivity contribution in [2.45, 2.75) is 26.4 Å². The summed E-state index contributed by atoms with van der Waals surface area (Å²) in [5, 5.41) is 9.95. The second kappa shape index (κ2) is 3.85. The molecule has 1 aromatic rings. The summed E-state index contributed by atoms with van der Waals surface area (Å²) in [5.74, 6) is -4.32. The molecule has 1 N–H and O–H groups in total. The summed E-state index contributed by atoms with van der Waals surface area (Å²) < 4.78 is 38.5. The Morgan fingerprint density at radius 3 is 1.87 bits per heavy atom. The molecule has 1 rings (SSSR count). The third-order valence-electron chi connectivity index (χ3n) is 2.69. The first kappa shape index (κ1) is 12.0. The van der Waals surface area contributed by atoms with Crippen LogP contribution in [-0.2, 0) is 5.60 Å². The van der Waals surface area contributed by atoms with Crippen molar-refractivity contribution in [2.24, 2.45) is 5.92 Å². The lowest BCUT2D eigenvalue weighted by Gasteiger charge is -2.28. The molecule has 0 heterocycles. The topological polar surface area (TPSA) is 20.2 Å². The fourth-order valence-electron chi connectivity index (χ4n) is 1.18. The van der Waals surface area contributed by atoms with E-state index in [-0.39, 0.29) is 11.5 Å². The standard InChI is InChI=1S/C11H13F3O/c1-6(2)11(3,15)7-4-8(12)10(14)9(13)5-7/h4-6,15H,1-3H3. The molecule has 1 nitrogen and oxygen atoms in total. The van der Waals surface area contributed by atoms with Crippen LogP contribution in [0.4, 0.5) is 13.2 Å². The molecule has 0 fully saturated rings. The fraction of sp³-hybridized carbons (Fsp3) is 0.455. The van der Waals surface area contributed by atoms with Gasteiger partial charge in [-0.3, -0.25) is 0 Å². The Bertz CT molecular complexity index is 349. The van der Waals surface area contributed by atoms with Gasteiger partial charge in [0.05, 0.1) is 5.60 Å². The Morgan fingerprint density at radius 2 is 1.53 bits per heavy atom. The Morgan fingerprint density at radius 1 is 1.13 bits per heavy atom. The van der Waals surface area contributed by atoms with Crippen molar-refractivity contribution >= 4 is 0 Å². The summed E-state index contributed by atoms with van der Waals surface area (Å²) in [4.78, 5) is 0. The van der Waals surface area contributed by atoms with E-state index in [0.717, 1.165) is 12.1 Å². The van der Waals surface area contributed by atoms with Gasteiger partial charge in [0.15, 0.2) is 17.5 Å². The monoisotopic (exact) mass is 218 g/mol. The number of hydrogen-bond donors (Lipinski definition) is 1. The van der Waals surface area contributed by atoms with E-state index in [0.29, 0.717) is 0 Å². The summed E-state index contributed by atoms with van der Waals surface area (Å²) in [7, 11) is 0. The van der Waals surface area contributed by atoms with Gasteiger partial charge in [0, 0.05) is 0 Å². The smallest absolute Gasteiger partial charge is 0.194 e. The van der Waals surface area contributed by atoms with E-state index in [1.165, 1.54) is 6.92 Å². The molecule has 0 amide bonds. The van der Waals surface area contributed by atoms with Crippen molar-refractivity contribution in [3.63, 3.8) is 0 Å². The molecule has 1 unspecified atom stereocenters. The predicted molar refractivity (Wildman–Crippen MR) is 50.7 cm³/mol. The van der Waals surface area contributed by atoms with Crippen LogP contribution < -0.4 is 0 Å². The molecule has 0 aliphatic rings. The van der Waals surface area contributed by atoms with Crippen molar-refractivity contribution in [3.8, 4) is 0 Å². The minimum atomic E-state index is -1.52. The number of halogens is 3. The fourth-order valence-corrected chi connectivity index (χ4v) is 1.18. The second-order valence-corrected chi connectivity index (χ2v) is 4.06. The zero-order valence-corrected chi connectivity index (χ0v) is 8.81. The number of benzene rings is 1. The highest BCUT2D eigenvalue weighted by molar-refractivity contribution is 5.25. The van der Waals surface area contributed by atoms with Gasteiger partial charge >= 0.3 is 0 Å². The Kier molecular flexibility index (Phi) is 3.09. The van der Waals surface area contributed by atoms with Crippen LogP contribution in [0.15, 0.2) is 12.1 Å². The lowest BCUT2D eigenvalue weighted by Crippen LogP contribution is -2.28. The summed E-state index contributed by atoms with van der Waals surface area (Å²) in [6.07, 6.45) is 0. The average Bonchev–Trinajstić information content (AvgIpc) is 2.13. The molecule has 1 atom stereocenters. The highest BCUT2D eigenvalue weighted by Gasteiger charge is 2.29. The summed E-state index contributed by atoms with van der Waals surface area (Å²) >= 11 is 0. The molecular formula is C11H13F3O. The van der Waals surface area contributed by atoms with Crippen LogP contribution in [0.5, 0.6) is 0 Å². The zero-order chi connectivity index (χ0) is 11.8. The number of rotatable bonds is 2. The molecule has 0 aliphatic carbocycles. The molecule has 0 aliphatic heterocycles. The van der Waals surface area contributed by atoms with Crippen LogP contribution >= 0.6 is 0 Å². The number of hydrogen-bond acceptors (Lipinski definition) is 1. The third kappa shape index (κ3) is 2.15. The zero-order valence-electron chi connectivity index (χ0n) is 8.81. The lowest BCUT2D eigenvalue weighted by atomic mass is 9.85. The molecule has 15 heavy (non-hydrogen) atoms. The van der Waals surface area contributed by atoms with Crippen molar-refractivity contribution in [3.05, 3.63) is 35.1 Å². The predicted octanol–water partition coefficient (Wildman–Crippen LogP) is 2.97. The van der Waals surface area contributed by atoms with Crippen LogP contribution in [0.1, 0.15) is 26.3 Å². The van der Waals surface area contributed by atoms with E-state index < -0.39 is 23.1 Å². The molecule has 0 spiro atoms. The quantitative estimate of drug-likeness (QED) is 0.756. The van der Waals surface area contributed by atoms with Crippen molar-refractivity contribution in [2.75, 3.05) is 0 Å². The molecule has 1 aromatic carbocycles. The SMILES string of the molecule is CC(C)C(C)(O)c1cc(F)c(F)c(F)c1. The Balaban J connectivity index is 3.28. The second-order valence-electron chi connectivity index (χ2n) is 4.06. The minimum Gasteiger partial charge on any atom is -0.385 e. The van der Waals surface area contributed by atoms with Gasteiger partial charge in [0.2, 0.25) is 0 Å². The van der Waals surface area contributed by atoms with Crippen LogP contribution in [0.3, 0.4) is 0 Å². The molecular weight excluding hydrogens is 205 g/mol. The van der Waals surface area contributed by atoms with Crippen molar-refractivity contribution in [1.82, 2.24) is 0 Å². The van der Waals surface area contributed by atoms with E-state index in [9.17, 15) is 18.3 Å². The van der Waals surface area contributed by atoms with Gasteiger partial charge in [-0.2, -0.15) is 0 Å². The Hall–Kier alpha value is -1.03. The van der Waals surface area contributed by atoms with E-state index in [2.05, 4.69) is 0 Å². The molecule has 0 saturated heterocycles. The van der Waals surface area contributed by atoms with E-state index >= 15 is 0 Å². The van der Waals surface area contributed by atoms with E-state index in [4.69, 9.17) is 0 Å². The average molecular weight is 218 g/mol. The maximum absolute atomic E-state index is 12.9. The van der Waals surface area contributed by atoms with Crippen LogP contribution in [0.25, 0.3) is 0 Å². The molecule has 4 heteroatoms. The molecule has 0 aromatic heterocycles. The Labute approximate surface area is 86.5 Å². The van der Waals surface area contributed by atoms with E-state index in [1.54, 1.807) is 13.8 Å². The summed E-state index contributed by atoms with van der Waals surface area (Å²) in [6, 6.07) is 1.64. The first-order chi connectivity index (χ1) is 6.76. The normalized spacial score (nSPS) is 15.5. The summed E-state index contributed by atoms with van der Waals surface area (Å²) in [5.41, 5.74) is -1.34. The van der Waals surface area contributed by atoms with Crippen LogP contribution in [0.2, 0.25) is 0 Å². The number of aliphatic hydroxyl groups is 1. The lowest BCUT2D eigenvalue weighted by molar-refractivity contribution is 0.00833. The highest BCUT2D eigenvalue weighted by Crippen LogP contribution is 2.30. The molecule has 0 radical (unpaired) electrons. The van der Waals surface area contributed by atoms with Gasteiger partial charge in [0.25, 0.3) is 0 Å². The highest BCUT2D eigenvalue weighted by atomic mass is 19.2. The van der Waals surface area contributed by atoms with Gasteiger partial charge in [-0.15, -0.1) is 0 Å². The van der Waals surface area contributed by atoms with E-state index in [1.807, 2.05) is 0 Å². The van der Waals surface area contributed by atoms with Crippen LogP contribution in [0, 0.1) is 23.4 Å². The van der Waals surface area contributed by atoms with Gasteiger partial charge in [-0.05, 0) is 30.5 Å². The van der Waals surface area contributed by atoms with Crippen molar-refractivity contribution < 1.29 is 18.3 Å². The summed E-state index contributed by atoms with van der Waals surface area (Å²) in [6.45, 7) is 4.85. The molecule has 0 saturated carbocycles. The first-order valence-electron chi connectivity index (χ1n) is 4.64. The van der Waals surface area contributed by atoms with Crippen molar-refractivity contribution in [1.29, 1.82) is 0 Å². The molecule has 0 bridgehead atoms.